The van der Waals surface area contributed by atoms with Crippen LogP contribution in [-0.4, -0.2) is 48.4 Å². The predicted molar refractivity (Wildman–Crippen MR) is 98.7 cm³/mol. The number of likely N-dealkylation sites (tertiary alicyclic amines) is 1. The van der Waals surface area contributed by atoms with Crippen LogP contribution in [0, 0.1) is 5.92 Å². The molecule has 3 nitrogen and oxygen atoms in total. The minimum Gasteiger partial charge on any atom is -0.491 e. The van der Waals surface area contributed by atoms with Crippen molar-refractivity contribution in [1.82, 2.24) is 4.90 Å². The third-order valence-electron chi connectivity index (χ3n) is 4.19. The van der Waals surface area contributed by atoms with Gasteiger partial charge in [0, 0.05) is 18.0 Å². The Balaban J connectivity index is 1.96. The number of Topliss-reactive ketones (excluding diaryl/α,β-unsaturated/α-hetero) is 1. The number of ketones is 1. The molecule has 1 saturated heterocycles. The fraction of sp³-hybridized carbons (Fsp3) is 0.632. The van der Waals surface area contributed by atoms with E-state index < -0.39 is 0 Å². The number of hydrogen-bond acceptors (Lipinski definition) is 4. The van der Waals surface area contributed by atoms with Gasteiger partial charge in [0.05, 0.1) is 6.10 Å². The van der Waals surface area contributed by atoms with Crippen molar-refractivity contribution >= 4 is 17.5 Å². The van der Waals surface area contributed by atoms with Crippen LogP contribution in [0.1, 0.15) is 43.5 Å². The summed E-state index contributed by atoms with van der Waals surface area (Å²) in [5.74, 6) is 2.39. The van der Waals surface area contributed by atoms with E-state index in [4.69, 9.17) is 4.74 Å². The fourth-order valence-corrected chi connectivity index (χ4v) is 3.55. The van der Waals surface area contributed by atoms with Crippen LogP contribution in [0.3, 0.4) is 0 Å². The Morgan fingerprint density at radius 2 is 2.26 bits per heavy atom. The number of rotatable bonds is 8. The monoisotopic (exact) mass is 335 g/mol. The minimum absolute atomic E-state index is 0.127. The van der Waals surface area contributed by atoms with E-state index in [2.05, 4.69) is 11.2 Å². The van der Waals surface area contributed by atoms with Gasteiger partial charge in [0.2, 0.25) is 0 Å². The Hall–Kier alpha value is -1.00. The van der Waals surface area contributed by atoms with E-state index in [1.54, 1.807) is 0 Å². The van der Waals surface area contributed by atoms with Crippen LogP contribution >= 0.6 is 11.8 Å². The van der Waals surface area contributed by atoms with Gasteiger partial charge in [-0.25, -0.2) is 0 Å². The zero-order valence-corrected chi connectivity index (χ0v) is 15.4. The fourth-order valence-electron chi connectivity index (χ4n) is 3.14. The van der Waals surface area contributed by atoms with Gasteiger partial charge in [0.1, 0.15) is 5.75 Å². The Bertz CT molecular complexity index is 504. The molecular weight excluding hydrogens is 306 g/mol. The first-order valence-corrected chi connectivity index (χ1v) is 10.0. The summed E-state index contributed by atoms with van der Waals surface area (Å²) in [5, 5.41) is 0. The summed E-state index contributed by atoms with van der Waals surface area (Å²) in [6.07, 6.45) is 5.61. The first-order valence-electron chi connectivity index (χ1n) is 8.62. The van der Waals surface area contributed by atoms with Crippen molar-refractivity contribution < 1.29 is 9.53 Å². The Morgan fingerprint density at radius 3 is 3.00 bits per heavy atom. The first kappa shape index (κ1) is 18.3. The molecule has 1 aromatic carbocycles. The molecule has 0 saturated carbocycles. The highest BCUT2D eigenvalue weighted by atomic mass is 32.2. The van der Waals surface area contributed by atoms with E-state index in [-0.39, 0.29) is 17.8 Å². The highest BCUT2D eigenvalue weighted by Gasteiger charge is 2.26. The number of ether oxygens (including phenoxy) is 1. The SMILES string of the molecule is CSCCCN1CCCC(C(=O)c2cccc(OC(C)C)c2)C1. The maximum Gasteiger partial charge on any atom is 0.167 e. The third-order valence-corrected chi connectivity index (χ3v) is 4.89. The molecule has 0 aromatic heterocycles. The Kier molecular flexibility index (Phi) is 7.44. The van der Waals surface area contributed by atoms with Gasteiger partial charge >= 0.3 is 0 Å². The number of benzene rings is 1. The molecule has 128 valence electrons. The highest BCUT2D eigenvalue weighted by Crippen LogP contribution is 2.23. The van der Waals surface area contributed by atoms with Crippen LogP contribution in [0.4, 0.5) is 0 Å². The van der Waals surface area contributed by atoms with E-state index in [0.717, 1.165) is 43.8 Å². The topological polar surface area (TPSA) is 29.5 Å². The molecule has 23 heavy (non-hydrogen) atoms. The molecule has 0 radical (unpaired) electrons. The molecule has 0 aliphatic carbocycles. The van der Waals surface area contributed by atoms with Gasteiger partial charge in [0.25, 0.3) is 0 Å². The molecule has 0 N–H and O–H groups in total. The van der Waals surface area contributed by atoms with Gasteiger partial charge < -0.3 is 9.64 Å². The zero-order chi connectivity index (χ0) is 16.7. The molecule has 1 aliphatic rings. The van der Waals surface area contributed by atoms with Crippen LogP contribution in [0.15, 0.2) is 24.3 Å². The van der Waals surface area contributed by atoms with Crippen LogP contribution in [0.25, 0.3) is 0 Å². The average Bonchev–Trinajstić information content (AvgIpc) is 2.54. The van der Waals surface area contributed by atoms with Gasteiger partial charge in [-0.3, -0.25) is 4.79 Å². The van der Waals surface area contributed by atoms with Crippen LogP contribution in [0.5, 0.6) is 5.75 Å². The van der Waals surface area contributed by atoms with Gasteiger partial charge in [-0.2, -0.15) is 11.8 Å². The summed E-state index contributed by atoms with van der Waals surface area (Å²) in [6, 6.07) is 7.66. The summed E-state index contributed by atoms with van der Waals surface area (Å²) in [6.45, 7) is 7.16. The molecule has 1 fully saturated rings. The van der Waals surface area contributed by atoms with Gasteiger partial charge in [-0.1, -0.05) is 12.1 Å². The lowest BCUT2D eigenvalue weighted by Crippen LogP contribution is -2.39. The van der Waals surface area contributed by atoms with Crippen LogP contribution in [-0.2, 0) is 0 Å². The maximum absolute atomic E-state index is 12.8. The number of thioether (sulfide) groups is 1. The van der Waals surface area contributed by atoms with Crippen LogP contribution in [0.2, 0.25) is 0 Å². The van der Waals surface area contributed by atoms with Crippen molar-refractivity contribution in [2.24, 2.45) is 5.92 Å². The summed E-state index contributed by atoms with van der Waals surface area (Å²) >= 11 is 1.89. The summed E-state index contributed by atoms with van der Waals surface area (Å²) in [5.41, 5.74) is 0.791. The first-order chi connectivity index (χ1) is 11.1. The number of hydrogen-bond donors (Lipinski definition) is 0. The Morgan fingerprint density at radius 1 is 1.43 bits per heavy atom. The lowest BCUT2D eigenvalue weighted by Gasteiger charge is -2.32. The normalized spacial score (nSPS) is 19.0. The van der Waals surface area contributed by atoms with Gasteiger partial charge in [-0.05, 0) is 70.3 Å². The average molecular weight is 336 g/mol. The van der Waals surface area contributed by atoms with Crippen molar-refractivity contribution in [1.29, 1.82) is 0 Å². The van der Waals surface area contributed by atoms with Crippen molar-refractivity contribution in [3.8, 4) is 5.75 Å². The van der Waals surface area contributed by atoms with E-state index >= 15 is 0 Å². The molecule has 1 aromatic rings. The van der Waals surface area contributed by atoms with E-state index in [0.29, 0.717) is 0 Å². The van der Waals surface area contributed by atoms with E-state index in [1.165, 1.54) is 12.2 Å². The summed E-state index contributed by atoms with van der Waals surface area (Å²) < 4.78 is 5.71. The molecule has 0 spiro atoms. The van der Waals surface area contributed by atoms with E-state index in [9.17, 15) is 4.79 Å². The molecule has 1 aliphatic heterocycles. The van der Waals surface area contributed by atoms with E-state index in [1.807, 2.05) is 49.9 Å². The van der Waals surface area contributed by atoms with Crippen molar-refractivity contribution in [3.63, 3.8) is 0 Å². The molecule has 4 heteroatoms. The number of nitrogens with zero attached hydrogens (tertiary/aromatic N) is 1. The predicted octanol–water partition coefficient (Wildman–Crippen LogP) is 4.12. The highest BCUT2D eigenvalue weighted by molar-refractivity contribution is 7.98. The second-order valence-electron chi connectivity index (χ2n) is 6.54. The van der Waals surface area contributed by atoms with Crippen molar-refractivity contribution in [3.05, 3.63) is 29.8 Å². The summed E-state index contributed by atoms with van der Waals surface area (Å²) in [4.78, 5) is 15.3. The summed E-state index contributed by atoms with van der Waals surface area (Å²) in [7, 11) is 0. The Labute approximate surface area is 144 Å². The molecule has 0 bridgehead atoms. The molecular formula is C19H29NO2S. The third kappa shape index (κ3) is 5.85. The quantitative estimate of drug-likeness (QED) is 0.528. The molecule has 1 heterocycles. The second kappa shape index (κ2) is 9.33. The molecule has 0 amide bonds. The van der Waals surface area contributed by atoms with Gasteiger partial charge in [0.15, 0.2) is 5.78 Å². The second-order valence-corrected chi connectivity index (χ2v) is 7.53. The number of piperidine rings is 1. The van der Waals surface area contributed by atoms with Crippen LogP contribution < -0.4 is 4.74 Å². The zero-order valence-electron chi connectivity index (χ0n) is 14.6. The number of carbonyl (C=O) groups excluding carboxylic acids is 1. The number of carbonyl (C=O) groups is 1. The lowest BCUT2D eigenvalue weighted by molar-refractivity contribution is 0.0819. The molecule has 2 rings (SSSR count). The van der Waals surface area contributed by atoms with Gasteiger partial charge in [-0.15, -0.1) is 0 Å². The minimum atomic E-state index is 0.127. The van der Waals surface area contributed by atoms with Crippen molar-refractivity contribution in [2.75, 3.05) is 31.6 Å². The molecule has 1 atom stereocenters. The largest absolute Gasteiger partial charge is 0.491 e. The lowest BCUT2D eigenvalue weighted by atomic mass is 9.90. The van der Waals surface area contributed by atoms with Crippen molar-refractivity contribution in [2.45, 2.75) is 39.2 Å². The maximum atomic E-state index is 12.8. The smallest absolute Gasteiger partial charge is 0.167 e. The standard InChI is InChI=1S/C19H29NO2S/c1-15(2)22-18-9-4-7-16(13-18)19(21)17-8-5-10-20(14-17)11-6-12-23-3/h4,7,9,13,15,17H,5-6,8,10-12,14H2,1-3H3. The molecule has 1 unspecified atom stereocenters.